The maximum atomic E-state index is 13.9. The first kappa shape index (κ1) is 24.3. The van der Waals surface area contributed by atoms with E-state index in [1.807, 2.05) is 66.7 Å². The minimum atomic E-state index is -0.00389. The molecule has 0 N–H and O–H groups in total. The van der Waals surface area contributed by atoms with Gasteiger partial charge in [-0.05, 0) is 98.7 Å². The first-order chi connectivity index (χ1) is 17.6. The third kappa shape index (κ3) is 4.97. The van der Waals surface area contributed by atoms with Crippen LogP contribution in [-0.2, 0) is 0 Å². The normalized spacial score (nSPS) is 16.1. The lowest BCUT2D eigenvalue weighted by Gasteiger charge is -2.32. The van der Waals surface area contributed by atoms with Crippen molar-refractivity contribution in [3.63, 3.8) is 0 Å². The van der Waals surface area contributed by atoms with Crippen LogP contribution in [-0.4, -0.2) is 51.1 Å². The molecule has 6 heteroatoms. The van der Waals surface area contributed by atoms with Crippen LogP contribution < -0.4 is 14.2 Å². The Morgan fingerprint density at radius 3 is 2.31 bits per heavy atom. The lowest BCUT2D eigenvalue weighted by molar-refractivity contribution is 0.104. The van der Waals surface area contributed by atoms with Crippen molar-refractivity contribution in [1.29, 1.82) is 0 Å². The number of likely N-dealkylation sites (N-methyl/N-ethyl adjacent to an activating group) is 1. The van der Waals surface area contributed by atoms with Crippen molar-refractivity contribution in [2.45, 2.75) is 25.3 Å². The number of fused-ring (bicyclic) bond motifs is 1. The molecule has 1 unspecified atom stereocenters. The zero-order chi connectivity index (χ0) is 25.1. The number of piperidine rings is 1. The summed E-state index contributed by atoms with van der Waals surface area (Å²) in [6, 6.07) is 21.7. The topological polar surface area (TPSA) is 48.0 Å². The van der Waals surface area contributed by atoms with Gasteiger partial charge in [0.05, 0.1) is 14.2 Å². The van der Waals surface area contributed by atoms with E-state index in [4.69, 9.17) is 14.2 Å². The number of benzene rings is 3. The molecule has 2 heterocycles. The molecule has 3 aromatic carbocycles. The van der Waals surface area contributed by atoms with E-state index in [0.29, 0.717) is 23.8 Å². The second-order valence-electron chi connectivity index (χ2n) is 9.19. The van der Waals surface area contributed by atoms with Crippen LogP contribution in [0.4, 0.5) is 0 Å². The largest absolute Gasteiger partial charge is 0.497 e. The molecule has 1 saturated heterocycles. The molecule has 0 radical (unpaired) electrons. The zero-order valence-corrected chi connectivity index (χ0v) is 21.8. The minimum Gasteiger partial charge on any atom is -0.497 e. The number of methoxy groups -OCH3 is 2. The van der Waals surface area contributed by atoms with Crippen LogP contribution in [0.1, 0.15) is 35.2 Å². The van der Waals surface area contributed by atoms with Crippen LogP contribution >= 0.6 is 11.3 Å². The molecular weight excluding hydrogens is 470 g/mol. The quantitative estimate of drug-likeness (QED) is 0.252. The molecule has 1 atom stereocenters. The molecule has 0 aliphatic carbocycles. The molecule has 5 nitrogen and oxygen atoms in total. The number of likely N-dealkylation sites (tertiary alicyclic amines) is 1. The summed E-state index contributed by atoms with van der Waals surface area (Å²) in [7, 11) is 5.47. The molecule has 1 aromatic heterocycles. The number of carbonyl (C=O) groups excluding carboxylic acids is 1. The number of thiophene rings is 1. The van der Waals surface area contributed by atoms with Crippen molar-refractivity contribution in [3.8, 4) is 27.7 Å². The monoisotopic (exact) mass is 501 g/mol. The fourth-order valence-corrected chi connectivity index (χ4v) is 6.00. The summed E-state index contributed by atoms with van der Waals surface area (Å²) < 4.78 is 17.8. The smallest absolute Gasteiger partial charge is 0.195 e. The van der Waals surface area contributed by atoms with Gasteiger partial charge in [-0.3, -0.25) is 4.79 Å². The average Bonchev–Trinajstić information content (AvgIpc) is 3.31. The molecule has 186 valence electrons. The van der Waals surface area contributed by atoms with Crippen LogP contribution in [0.5, 0.6) is 17.2 Å². The van der Waals surface area contributed by atoms with Gasteiger partial charge >= 0.3 is 0 Å². The number of ether oxygens (including phenoxy) is 3. The summed E-state index contributed by atoms with van der Waals surface area (Å²) in [4.78, 5) is 17.2. The molecule has 1 aliphatic heterocycles. The molecule has 0 amide bonds. The molecule has 1 aliphatic rings. The molecule has 0 spiro atoms. The fraction of sp³-hybridized carbons (Fsp3) is 0.300. The van der Waals surface area contributed by atoms with Crippen molar-refractivity contribution >= 4 is 27.2 Å². The Morgan fingerprint density at radius 2 is 1.61 bits per heavy atom. The first-order valence-corrected chi connectivity index (χ1v) is 13.1. The summed E-state index contributed by atoms with van der Waals surface area (Å²) in [5.41, 5.74) is 2.33. The number of hydrogen-bond acceptors (Lipinski definition) is 6. The number of ketones is 1. The van der Waals surface area contributed by atoms with Gasteiger partial charge in [0.2, 0.25) is 0 Å². The Balaban J connectivity index is 1.44. The van der Waals surface area contributed by atoms with E-state index in [1.54, 1.807) is 25.6 Å². The standard InChI is InChI=1S/C30H31NO4S/c1-31-17-5-4-6-22(31)19-35-24-13-7-20(8-14-24)29(32)28-26-16-15-25(34-3)18-27(26)36-30(28)21-9-11-23(33-2)12-10-21/h7-16,18,22H,4-6,17,19H2,1-3H3. The third-order valence-electron chi connectivity index (χ3n) is 6.96. The van der Waals surface area contributed by atoms with Crippen molar-refractivity contribution < 1.29 is 19.0 Å². The van der Waals surface area contributed by atoms with Gasteiger partial charge in [0, 0.05) is 32.1 Å². The fourth-order valence-electron chi connectivity index (χ4n) is 4.77. The van der Waals surface area contributed by atoms with Crippen LogP contribution in [0.25, 0.3) is 20.5 Å². The summed E-state index contributed by atoms with van der Waals surface area (Å²) in [5, 5.41) is 0.928. The lowest BCUT2D eigenvalue weighted by atomic mass is 9.97. The van der Waals surface area contributed by atoms with Crippen molar-refractivity contribution in [2.24, 2.45) is 0 Å². The molecule has 4 aromatic rings. The Bertz CT molecular complexity index is 1340. The van der Waals surface area contributed by atoms with Crippen molar-refractivity contribution in [2.75, 3.05) is 34.4 Å². The number of carbonyl (C=O) groups is 1. The van der Waals surface area contributed by atoms with Crippen LogP contribution in [0.15, 0.2) is 66.7 Å². The predicted molar refractivity (Wildman–Crippen MR) is 146 cm³/mol. The number of rotatable bonds is 8. The maximum Gasteiger partial charge on any atom is 0.195 e. The maximum absolute atomic E-state index is 13.9. The Labute approximate surface area is 216 Å². The van der Waals surface area contributed by atoms with Gasteiger partial charge in [-0.15, -0.1) is 11.3 Å². The molecule has 1 fully saturated rings. The van der Waals surface area contributed by atoms with Gasteiger partial charge < -0.3 is 19.1 Å². The summed E-state index contributed by atoms with van der Waals surface area (Å²) >= 11 is 1.60. The summed E-state index contributed by atoms with van der Waals surface area (Å²) in [5.74, 6) is 2.34. The molecular formula is C30H31NO4S. The highest BCUT2D eigenvalue weighted by atomic mass is 32.1. The van der Waals surface area contributed by atoms with Gasteiger partial charge in [-0.25, -0.2) is 0 Å². The van der Waals surface area contributed by atoms with Crippen LogP contribution in [0.2, 0.25) is 0 Å². The minimum absolute atomic E-state index is 0.00389. The van der Waals surface area contributed by atoms with E-state index < -0.39 is 0 Å². The SMILES string of the molecule is COc1ccc(-c2sc3cc(OC)ccc3c2C(=O)c2ccc(OCC3CCCCN3C)cc2)cc1. The number of hydrogen-bond donors (Lipinski definition) is 0. The van der Waals surface area contributed by atoms with E-state index in [1.165, 1.54) is 12.8 Å². The van der Waals surface area contributed by atoms with Crippen molar-refractivity contribution in [1.82, 2.24) is 4.90 Å². The second-order valence-corrected chi connectivity index (χ2v) is 10.2. The van der Waals surface area contributed by atoms with Gasteiger partial charge in [-0.1, -0.05) is 6.42 Å². The summed E-state index contributed by atoms with van der Waals surface area (Å²) in [6.07, 6.45) is 3.67. The highest BCUT2D eigenvalue weighted by Gasteiger charge is 2.23. The summed E-state index contributed by atoms with van der Waals surface area (Å²) in [6.45, 7) is 1.79. The lowest BCUT2D eigenvalue weighted by Crippen LogP contribution is -2.40. The third-order valence-corrected chi connectivity index (χ3v) is 8.16. The van der Waals surface area contributed by atoms with Gasteiger partial charge in [0.25, 0.3) is 0 Å². The van der Waals surface area contributed by atoms with E-state index in [-0.39, 0.29) is 5.78 Å². The highest BCUT2D eigenvalue weighted by Crippen LogP contribution is 2.41. The number of nitrogens with zero attached hydrogens (tertiary/aromatic N) is 1. The van der Waals surface area contributed by atoms with E-state index in [9.17, 15) is 4.79 Å². The first-order valence-electron chi connectivity index (χ1n) is 12.3. The van der Waals surface area contributed by atoms with Crippen molar-refractivity contribution in [3.05, 3.63) is 77.9 Å². The van der Waals surface area contributed by atoms with E-state index in [0.717, 1.165) is 50.7 Å². The van der Waals surface area contributed by atoms with E-state index in [2.05, 4.69) is 11.9 Å². The Hall–Kier alpha value is -3.35. The van der Waals surface area contributed by atoms with Gasteiger partial charge in [0.15, 0.2) is 5.78 Å². The molecule has 5 rings (SSSR count). The average molecular weight is 502 g/mol. The Morgan fingerprint density at radius 1 is 0.917 bits per heavy atom. The second kappa shape index (κ2) is 10.7. The Kier molecular flexibility index (Phi) is 7.25. The van der Waals surface area contributed by atoms with Crippen LogP contribution in [0.3, 0.4) is 0 Å². The van der Waals surface area contributed by atoms with Crippen LogP contribution in [0, 0.1) is 0 Å². The van der Waals surface area contributed by atoms with Gasteiger partial charge in [-0.2, -0.15) is 0 Å². The predicted octanol–water partition coefficient (Wildman–Crippen LogP) is 6.68. The van der Waals surface area contributed by atoms with E-state index >= 15 is 0 Å². The van der Waals surface area contributed by atoms with Gasteiger partial charge in [0.1, 0.15) is 23.9 Å². The molecule has 36 heavy (non-hydrogen) atoms. The molecule has 0 bridgehead atoms. The molecule has 0 saturated carbocycles. The zero-order valence-electron chi connectivity index (χ0n) is 21.0. The highest BCUT2D eigenvalue weighted by molar-refractivity contribution is 7.22.